The molecule has 2 atom stereocenters. The van der Waals surface area contributed by atoms with Crippen LogP contribution < -0.4 is 0 Å². The highest BCUT2D eigenvalue weighted by molar-refractivity contribution is 5.20. The average Bonchev–Trinajstić information content (AvgIpc) is 2.55. The summed E-state index contributed by atoms with van der Waals surface area (Å²) in [6.07, 6.45) is 5.76. The van der Waals surface area contributed by atoms with Gasteiger partial charge >= 0.3 is 0 Å². The van der Waals surface area contributed by atoms with Gasteiger partial charge in [0.2, 0.25) is 0 Å². The number of hydrogen-bond donors (Lipinski definition) is 1. The Hall–Kier alpha value is -0.300. The third-order valence-corrected chi connectivity index (χ3v) is 3.86. The second-order valence-electron chi connectivity index (χ2n) is 4.81. The molecule has 0 aromatic carbocycles. The van der Waals surface area contributed by atoms with E-state index in [9.17, 15) is 0 Å². The Morgan fingerprint density at radius 1 is 1.50 bits per heavy atom. The summed E-state index contributed by atoms with van der Waals surface area (Å²) in [4.78, 5) is 0. The van der Waals surface area contributed by atoms with Gasteiger partial charge in [0.1, 0.15) is 0 Å². The molecule has 1 heteroatoms. The van der Waals surface area contributed by atoms with Crippen molar-refractivity contribution in [2.24, 2.45) is 17.3 Å². The summed E-state index contributed by atoms with van der Waals surface area (Å²) in [6.45, 7) is 5.07. The zero-order chi connectivity index (χ0) is 8.77. The number of hydrogen-bond acceptors (Lipinski definition) is 1. The quantitative estimate of drug-likeness (QED) is 0.624. The summed E-state index contributed by atoms with van der Waals surface area (Å²) in [5.74, 6) is 1.86. The summed E-state index contributed by atoms with van der Waals surface area (Å²) >= 11 is 0. The van der Waals surface area contributed by atoms with Crippen LogP contribution in [0.2, 0.25) is 0 Å². The van der Waals surface area contributed by atoms with Crippen LogP contribution in [-0.4, -0.2) is 11.7 Å². The average molecular weight is 166 g/mol. The minimum Gasteiger partial charge on any atom is -0.396 e. The fourth-order valence-electron chi connectivity index (χ4n) is 2.74. The highest BCUT2D eigenvalue weighted by atomic mass is 16.2. The normalized spacial score (nSPS) is 37.1. The monoisotopic (exact) mass is 166 g/mol. The molecule has 0 aromatic rings. The predicted molar refractivity (Wildman–Crippen MR) is 49.8 cm³/mol. The van der Waals surface area contributed by atoms with Crippen LogP contribution in [-0.2, 0) is 0 Å². The van der Waals surface area contributed by atoms with Crippen LogP contribution in [0.1, 0.15) is 33.1 Å². The zero-order valence-electron chi connectivity index (χ0n) is 8.01. The number of rotatable bonds is 2. The summed E-state index contributed by atoms with van der Waals surface area (Å²) in [5, 5.41) is 8.81. The van der Waals surface area contributed by atoms with Crippen molar-refractivity contribution in [2.45, 2.75) is 33.1 Å². The highest BCUT2D eigenvalue weighted by Gasteiger charge is 2.57. The molecule has 1 N–H and O–H groups in total. The molecule has 0 bridgehead atoms. The van der Waals surface area contributed by atoms with E-state index in [1.807, 2.05) is 0 Å². The maximum Gasteiger partial charge on any atom is 0.0468 e. The standard InChI is InChI=1S/C11H18O/c1-11(2)9-4-3-8(5-6-12)7-10(9)11/h3,9-10,12H,4-7H2,1-2H3. The summed E-state index contributed by atoms with van der Waals surface area (Å²) in [6, 6.07) is 0. The largest absolute Gasteiger partial charge is 0.396 e. The van der Waals surface area contributed by atoms with Gasteiger partial charge in [-0.25, -0.2) is 0 Å². The molecule has 12 heavy (non-hydrogen) atoms. The van der Waals surface area contributed by atoms with Crippen molar-refractivity contribution >= 4 is 0 Å². The van der Waals surface area contributed by atoms with E-state index in [1.165, 1.54) is 18.4 Å². The van der Waals surface area contributed by atoms with E-state index in [2.05, 4.69) is 19.9 Å². The summed E-state index contributed by atoms with van der Waals surface area (Å²) < 4.78 is 0. The second-order valence-corrected chi connectivity index (χ2v) is 4.81. The van der Waals surface area contributed by atoms with Crippen molar-refractivity contribution in [1.82, 2.24) is 0 Å². The Morgan fingerprint density at radius 2 is 2.25 bits per heavy atom. The second kappa shape index (κ2) is 2.59. The first-order valence-corrected chi connectivity index (χ1v) is 4.95. The predicted octanol–water partition coefficient (Wildman–Crippen LogP) is 2.36. The lowest BCUT2D eigenvalue weighted by atomic mass is 9.97. The van der Waals surface area contributed by atoms with Crippen LogP contribution in [0.15, 0.2) is 11.6 Å². The molecule has 0 aliphatic heterocycles. The third kappa shape index (κ3) is 1.11. The topological polar surface area (TPSA) is 20.2 Å². The molecule has 0 aromatic heterocycles. The minimum atomic E-state index is 0.323. The molecule has 2 rings (SSSR count). The van der Waals surface area contributed by atoms with Gasteiger partial charge in [-0.2, -0.15) is 0 Å². The molecular formula is C11H18O. The summed E-state index contributed by atoms with van der Waals surface area (Å²) in [5.41, 5.74) is 2.08. The molecular weight excluding hydrogens is 148 g/mol. The lowest BCUT2D eigenvalue weighted by molar-refractivity contribution is 0.296. The lowest BCUT2D eigenvalue weighted by Gasteiger charge is -2.09. The number of fused-ring (bicyclic) bond motifs is 1. The van der Waals surface area contributed by atoms with Crippen LogP contribution in [0.3, 0.4) is 0 Å². The summed E-state index contributed by atoms with van der Waals surface area (Å²) in [7, 11) is 0. The first-order chi connectivity index (χ1) is 5.66. The zero-order valence-corrected chi connectivity index (χ0v) is 8.01. The fourth-order valence-corrected chi connectivity index (χ4v) is 2.74. The molecule has 0 heterocycles. The number of aliphatic hydroxyl groups is 1. The van der Waals surface area contributed by atoms with Gasteiger partial charge in [0.05, 0.1) is 0 Å². The molecule has 0 saturated heterocycles. The van der Waals surface area contributed by atoms with Crippen LogP contribution >= 0.6 is 0 Å². The Labute approximate surface area is 74.5 Å². The molecule has 0 spiro atoms. The van der Waals surface area contributed by atoms with E-state index in [0.29, 0.717) is 12.0 Å². The molecule has 2 aliphatic rings. The van der Waals surface area contributed by atoms with E-state index in [0.717, 1.165) is 18.3 Å². The van der Waals surface area contributed by atoms with Gasteiger partial charge < -0.3 is 5.11 Å². The molecule has 0 amide bonds. The molecule has 1 saturated carbocycles. The SMILES string of the molecule is CC1(C)C2CC=C(CCO)CC21. The Kier molecular flexibility index (Phi) is 1.80. The van der Waals surface area contributed by atoms with E-state index in [1.54, 1.807) is 0 Å². The van der Waals surface area contributed by atoms with Crippen molar-refractivity contribution in [3.05, 3.63) is 11.6 Å². The van der Waals surface area contributed by atoms with Crippen LogP contribution in [0.5, 0.6) is 0 Å². The van der Waals surface area contributed by atoms with Gasteiger partial charge in [-0.3, -0.25) is 0 Å². The maximum atomic E-state index is 8.81. The first-order valence-electron chi connectivity index (χ1n) is 4.95. The van der Waals surface area contributed by atoms with E-state index in [-0.39, 0.29) is 0 Å². The Bertz CT molecular complexity index is 215. The van der Waals surface area contributed by atoms with Gasteiger partial charge in [-0.1, -0.05) is 25.5 Å². The Morgan fingerprint density at radius 3 is 2.83 bits per heavy atom. The number of allylic oxidation sites excluding steroid dienone is 1. The van der Waals surface area contributed by atoms with Crippen molar-refractivity contribution in [2.75, 3.05) is 6.61 Å². The maximum absolute atomic E-state index is 8.81. The van der Waals surface area contributed by atoms with E-state index < -0.39 is 0 Å². The van der Waals surface area contributed by atoms with Crippen LogP contribution in [0.4, 0.5) is 0 Å². The number of aliphatic hydroxyl groups excluding tert-OH is 1. The third-order valence-electron chi connectivity index (χ3n) is 3.86. The van der Waals surface area contributed by atoms with Crippen molar-refractivity contribution < 1.29 is 5.11 Å². The van der Waals surface area contributed by atoms with Crippen LogP contribution in [0.25, 0.3) is 0 Å². The van der Waals surface area contributed by atoms with Gasteiger partial charge in [-0.05, 0) is 36.5 Å². The highest BCUT2D eigenvalue weighted by Crippen LogP contribution is 2.64. The van der Waals surface area contributed by atoms with Crippen LogP contribution in [0, 0.1) is 17.3 Å². The van der Waals surface area contributed by atoms with Gasteiger partial charge in [0.15, 0.2) is 0 Å². The molecule has 0 radical (unpaired) electrons. The first kappa shape index (κ1) is 8.31. The molecule has 2 unspecified atom stereocenters. The molecule has 1 nitrogen and oxygen atoms in total. The van der Waals surface area contributed by atoms with Gasteiger partial charge in [-0.15, -0.1) is 0 Å². The molecule has 2 aliphatic carbocycles. The van der Waals surface area contributed by atoms with E-state index in [4.69, 9.17) is 5.11 Å². The molecule has 68 valence electrons. The van der Waals surface area contributed by atoms with Gasteiger partial charge in [0.25, 0.3) is 0 Å². The smallest absolute Gasteiger partial charge is 0.0468 e. The van der Waals surface area contributed by atoms with Crippen molar-refractivity contribution in [3.63, 3.8) is 0 Å². The Balaban J connectivity index is 1.97. The van der Waals surface area contributed by atoms with Crippen molar-refractivity contribution in [1.29, 1.82) is 0 Å². The van der Waals surface area contributed by atoms with Crippen molar-refractivity contribution in [3.8, 4) is 0 Å². The minimum absolute atomic E-state index is 0.323. The lowest BCUT2D eigenvalue weighted by Crippen LogP contribution is -1.97. The van der Waals surface area contributed by atoms with E-state index >= 15 is 0 Å². The van der Waals surface area contributed by atoms with Gasteiger partial charge in [0, 0.05) is 6.61 Å². The fraction of sp³-hybridized carbons (Fsp3) is 0.818. The molecule has 1 fully saturated rings.